The molecule has 84 valence electrons. The van der Waals surface area contributed by atoms with E-state index in [2.05, 4.69) is 42.3 Å². The summed E-state index contributed by atoms with van der Waals surface area (Å²) >= 11 is 0. The van der Waals surface area contributed by atoms with Gasteiger partial charge in [-0.25, -0.2) is 9.97 Å². The molecule has 1 aromatic rings. The summed E-state index contributed by atoms with van der Waals surface area (Å²) in [6.45, 7) is 11.5. The van der Waals surface area contributed by atoms with Crippen LogP contribution in [0, 0.1) is 0 Å². The van der Waals surface area contributed by atoms with Gasteiger partial charge >= 0.3 is 0 Å². The third kappa shape index (κ3) is 3.05. The van der Waals surface area contributed by atoms with Gasteiger partial charge in [0, 0.05) is 11.3 Å². The van der Waals surface area contributed by atoms with Crippen LogP contribution in [0.3, 0.4) is 0 Å². The molecule has 1 aromatic heterocycles. The lowest BCUT2D eigenvalue weighted by atomic mass is 10.3. The van der Waals surface area contributed by atoms with Crippen molar-refractivity contribution in [3.05, 3.63) is 42.2 Å². The molecule has 3 nitrogen and oxygen atoms in total. The molecular formula is C13H17N3. The lowest BCUT2D eigenvalue weighted by molar-refractivity contribution is 0.880. The first-order valence-electron chi connectivity index (χ1n) is 5.22. The minimum absolute atomic E-state index is 0.323. The van der Waals surface area contributed by atoms with Crippen LogP contribution in [-0.4, -0.2) is 16.0 Å². The summed E-state index contributed by atoms with van der Waals surface area (Å²) in [5, 5.41) is 5.05. The standard InChI is InChI=1S/C13H17N3/c1-5-7-11-12(8-6-2)14-9-15-13(11)16-10(3)4/h5-10H,1-2H2,3-4H3,(H,14,15,16)/b11-7+,12-8+. The summed E-state index contributed by atoms with van der Waals surface area (Å²) in [5.41, 5.74) is 0. The third-order valence-corrected chi connectivity index (χ3v) is 1.90. The zero-order valence-electron chi connectivity index (χ0n) is 9.77. The predicted octanol–water partition coefficient (Wildman–Crippen LogP) is 1.23. The minimum Gasteiger partial charge on any atom is -0.367 e. The highest BCUT2D eigenvalue weighted by molar-refractivity contribution is 5.49. The number of allylic oxidation sites excluding steroid dienone is 2. The Labute approximate surface area is 95.9 Å². The van der Waals surface area contributed by atoms with E-state index in [9.17, 15) is 0 Å². The molecule has 1 heterocycles. The molecule has 0 unspecified atom stereocenters. The van der Waals surface area contributed by atoms with Crippen molar-refractivity contribution in [3.8, 4) is 0 Å². The van der Waals surface area contributed by atoms with Crippen molar-refractivity contribution < 1.29 is 0 Å². The van der Waals surface area contributed by atoms with E-state index >= 15 is 0 Å². The van der Waals surface area contributed by atoms with Crippen molar-refractivity contribution in [2.45, 2.75) is 19.9 Å². The van der Waals surface area contributed by atoms with Gasteiger partial charge in [0.1, 0.15) is 12.1 Å². The second-order valence-corrected chi connectivity index (χ2v) is 3.62. The van der Waals surface area contributed by atoms with Crippen LogP contribution in [0.5, 0.6) is 0 Å². The predicted molar refractivity (Wildman–Crippen MR) is 69.4 cm³/mol. The summed E-state index contributed by atoms with van der Waals surface area (Å²) in [4.78, 5) is 8.42. The smallest absolute Gasteiger partial charge is 0.137 e. The van der Waals surface area contributed by atoms with Crippen LogP contribution in [0.2, 0.25) is 0 Å². The molecule has 1 N–H and O–H groups in total. The van der Waals surface area contributed by atoms with E-state index in [4.69, 9.17) is 0 Å². The Morgan fingerprint density at radius 3 is 2.44 bits per heavy atom. The number of aromatic nitrogens is 2. The van der Waals surface area contributed by atoms with Crippen molar-refractivity contribution in [2.75, 3.05) is 5.32 Å². The van der Waals surface area contributed by atoms with E-state index in [1.54, 1.807) is 18.5 Å². The van der Waals surface area contributed by atoms with Gasteiger partial charge in [0.25, 0.3) is 0 Å². The number of hydrogen-bond donors (Lipinski definition) is 1. The van der Waals surface area contributed by atoms with Crippen molar-refractivity contribution in [3.63, 3.8) is 0 Å². The van der Waals surface area contributed by atoms with Crippen LogP contribution in [0.4, 0.5) is 5.82 Å². The fourth-order valence-corrected chi connectivity index (χ4v) is 1.32. The van der Waals surface area contributed by atoms with Gasteiger partial charge in [0.15, 0.2) is 0 Å². The van der Waals surface area contributed by atoms with Crippen molar-refractivity contribution in [1.29, 1.82) is 0 Å². The molecule has 0 aliphatic carbocycles. The van der Waals surface area contributed by atoms with Crippen LogP contribution in [0.25, 0.3) is 12.2 Å². The highest BCUT2D eigenvalue weighted by Crippen LogP contribution is 1.93. The van der Waals surface area contributed by atoms with E-state index in [0.717, 1.165) is 16.4 Å². The molecular weight excluding hydrogens is 198 g/mol. The number of hydrogen-bond acceptors (Lipinski definition) is 3. The van der Waals surface area contributed by atoms with Crippen LogP contribution < -0.4 is 15.9 Å². The number of anilines is 1. The quantitative estimate of drug-likeness (QED) is 0.821. The average Bonchev–Trinajstić information content (AvgIpc) is 2.22. The maximum atomic E-state index is 4.22. The Bertz CT molecular complexity index is 486. The maximum Gasteiger partial charge on any atom is 0.137 e. The molecule has 0 saturated heterocycles. The second-order valence-electron chi connectivity index (χ2n) is 3.62. The number of nitrogens with zero attached hydrogens (tertiary/aromatic N) is 2. The first-order valence-corrected chi connectivity index (χ1v) is 5.22. The van der Waals surface area contributed by atoms with Gasteiger partial charge in [-0.15, -0.1) is 0 Å². The summed E-state index contributed by atoms with van der Waals surface area (Å²) in [7, 11) is 0. The fourth-order valence-electron chi connectivity index (χ4n) is 1.32. The lowest BCUT2D eigenvalue weighted by Crippen LogP contribution is -2.33. The largest absolute Gasteiger partial charge is 0.367 e. The van der Waals surface area contributed by atoms with Gasteiger partial charge < -0.3 is 5.32 Å². The van der Waals surface area contributed by atoms with Crippen molar-refractivity contribution >= 4 is 18.0 Å². The third-order valence-electron chi connectivity index (χ3n) is 1.90. The molecule has 0 radical (unpaired) electrons. The average molecular weight is 215 g/mol. The Morgan fingerprint density at radius 1 is 1.19 bits per heavy atom. The fraction of sp³-hybridized carbons (Fsp3) is 0.231. The molecule has 0 saturated carbocycles. The van der Waals surface area contributed by atoms with Crippen molar-refractivity contribution in [2.24, 2.45) is 0 Å². The minimum atomic E-state index is 0.323. The number of rotatable bonds is 4. The van der Waals surface area contributed by atoms with Gasteiger partial charge in [0.2, 0.25) is 0 Å². The summed E-state index contributed by atoms with van der Waals surface area (Å²) in [6.07, 6.45) is 8.72. The molecule has 0 atom stereocenters. The monoisotopic (exact) mass is 215 g/mol. The van der Waals surface area contributed by atoms with Crippen LogP contribution in [0.15, 0.2) is 31.6 Å². The topological polar surface area (TPSA) is 37.8 Å². The zero-order valence-corrected chi connectivity index (χ0v) is 9.77. The van der Waals surface area contributed by atoms with Gasteiger partial charge in [0.05, 0.1) is 5.35 Å². The van der Waals surface area contributed by atoms with Gasteiger partial charge in [-0.05, 0) is 26.0 Å². The Morgan fingerprint density at radius 2 is 1.88 bits per heavy atom. The van der Waals surface area contributed by atoms with E-state index in [-0.39, 0.29) is 0 Å². The van der Waals surface area contributed by atoms with Crippen LogP contribution in [-0.2, 0) is 0 Å². The molecule has 16 heavy (non-hydrogen) atoms. The van der Waals surface area contributed by atoms with E-state index in [0.29, 0.717) is 6.04 Å². The summed E-state index contributed by atoms with van der Waals surface area (Å²) in [6, 6.07) is 0.323. The molecule has 3 heteroatoms. The molecule has 0 aromatic carbocycles. The Kier molecular flexibility index (Phi) is 4.45. The van der Waals surface area contributed by atoms with Crippen molar-refractivity contribution in [1.82, 2.24) is 9.97 Å². The zero-order chi connectivity index (χ0) is 12.0. The highest BCUT2D eigenvalue weighted by atomic mass is 15.0. The van der Waals surface area contributed by atoms with E-state index in [1.165, 1.54) is 0 Å². The molecule has 0 aliphatic heterocycles. The first kappa shape index (κ1) is 12.2. The number of nitrogens with one attached hydrogen (secondary N) is 1. The summed E-state index contributed by atoms with van der Waals surface area (Å²) in [5.74, 6) is 0.818. The Hall–Kier alpha value is -1.90. The van der Waals surface area contributed by atoms with Crippen LogP contribution in [0.1, 0.15) is 13.8 Å². The first-order chi connectivity index (χ1) is 7.69. The molecule has 0 bridgehead atoms. The molecule has 0 amide bonds. The molecule has 0 fully saturated rings. The molecule has 0 aliphatic rings. The molecule has 0 spiro atoms. The summed E-state index contributed by atoms with van der Waals surface area (Å²) < 4.78 is 0. The van der Waals surface area contributed by atoms with Crippen LogP contribution >= 0.6 is 0 Å². The van der Waals surface area contributed by atoms with E-state index < -0.39 is 0 Å². The maximum absolute atomic E-state index is 4.22. The Balaban J connectivity index is 3.45. The van der Waals surface area contributed by atoms with E-state index in [1.807, 2.05) is 12.2 Å². The highest BCUT2D eigenvalue weighted by Gasteiger charge is 1.99. The SMILES string of the molecule is C=C/C=c1/ncnc(NC(C)C)/c1=C/C=C. The van der Waals surface area contributed by atoms with Gasteiger partial charge in [-0.1, -0.05) is 25.3 Å². The normalized spacial score (nSPS) is 12.9. The van der Waals surface area contributed by atoms with Gasteiger partial charge in [-0.2, -0.15) is 0 Å². The van der Waals surface area contributed by atoms with Gasteiger partial charge in [-0.3, -0.25) is 0 Å². The lowest BCUT2D eigenvalue weighted by Gasteiger charge is -2.09. The second kappa shape index (κ2) is 5.85. The molecule has 1 rings (SSSR count).